The molecule has 0 bridgehead atoms. The fourth-order valence-corrected chi connectivity index (χ4v) is 3.79. The number of carbonyl (C=O) groups is 1. The lowest BCUT2D eigenvalue weighted by Gasteiger charge is -2.34. The predicted octanol–water partition coefficient (Wildman–Crippen LogP) is 3.23. The monoisotopic (exact) mass is 336 g/mol. The lowest BCUT2D eigenvalue weighted by Crippen LogP contribution is -2.45. The third-order valence-electron chi connectivity index (χ3n) is 5.12. The van der Waals surface area contributed by atoms with Gasteiger partial charge in [-0.1, -0.05) is 36.4 Å². The molecule has 2 unspecified atom stereocenters. The summed E-state index contributed by atoms with van der Waals surface area (Å²) in [5.74, 6) is 0.908. The van der Waals surface area contributed by atoms with Gasteiger partial charge in [0.05, 0.1) is 12.2 Å². The molecule has 4 nitrogen and oxygen atoms in total. The fraction of sp³-hybridized carbons (Fsp3) is 0.381. The van der Waals surface area contributed by atoms with E-state index in [2.05, 4.69) is 47.0 Å². The van der Waals surface area contributed by atoms with Gasteiger partial charge in [0.15, 0.2) is 5.78 Å². The molecule has 2 aromatic carbocycles. The lowest BCUT2D eigenvalue weighted by molar-refractivity contribution is 0.0933. The Hall–Kier alpha value is -2.17. The molecule has 2 heterocycles. The summed E-state index contributed by atoms with van der Waals surface area (Å²) in [5.41, 5.74) is 3.19. The van der Waals surface area contributed by atoms with Gasteiger partial charge in [0.2, 0.25) is 0 Å². The molecular formula is C21H24N2O2. The molecule has 2 aliphatic rings. The fourth-order valence-electron chi connectivity index (χ4n) is 3.79. The first-order valence-corrected chi connectivity index (χ1v) is 9.12. The van der Waals surface area contributed by atoms with E-state index < -0.39 is 0 Å². The van der Waals surface area contributed by atoms with E-state index in [0.717, 1.165) is 36.4 Å². The Labute approximate surface area is 148 Å². The predicted molar refractivity (Wildman–Crippen MR) is 97.9 cm³/mol. The molecule has 2 N–H and O–H groups in total. The minimum atomic E-state index is 0.185. The zero-order valence-corrected chi connectivity index (χ0v) is 14.3. The van der Waals surface area contributed by atoms with Crippen LogP contribution in [0, 0.1) is 0 Å². The van der Waals surface area contributed by atoms with Crippen molar-refractivity contribution in [1.82, 2.24) is 10.6 Å². The van der Waals surface area contributed by atoms with Crippen LogP contribution >= 0.6 is 0 Å². The summed E-state index contributed by atoms with van der Waals surface area (Å²) in [5, 5.41) is 7.34. The first kappa shape index (κ1) is 16.3. The summed E-state index contributed by atoms with van der Waals surface area (Å²) in [4.78, 5) is 12.1. The number of piperidine rings is 1. The van der Waals surface area contributed by atoms with Crippen molar-refractivity contribution in [3.05, 3.63) is 65.2 Å². The van der Waals surface area contributed by atoms with Crippen LogP contribution in [0.1, 0.15) is 46.8 Å². The summed E-state index contributed by atoms with van der Waals surface area (Å²) in [6.45, 7) is 2.31. The van der Waals surface area contributed by atoms with Gasteiger partial charge in [0, 0.05) is 25.0 Å². The van der Waals surface area contributed by atoms with Crippen LogP contribution < -0.4 is 15.4 Å². The topological polar surface area (TPSA) is 50.4 Å². The second-order valence-corrected chi connectivity index (χ2v) is 6.82. The Morgan fingerprint density at radius 2 is 2.04 bits per heavy atom. The van der Waals surface area contributed by atoms with Gasteiger partial charge in [-0.3, -0.25) is 4.79 Å². The summed E-state index contributed by atoms with van der Waals surface area (Å²) in [6.07, 6.45) is 2.81. The first-order valence-electron chi connectivity index (χ1n) is 9.12. The van der Waals surface area contributed by atoms with Gasteiger partial charge in [0.1, 0.15) is 5.75 Å². The van der Waals surface area contributed by atoms with Crippen molar-refractivity contribution in [3.63, 3.8) is 0 Å². The minimum Gasteiger partial charge on any atom is -0.492 e. The highest BCUT2D eigenvalue weighted by molar-refractivity contribution is 5.99. The summed E-state index contributed by atoms with van der Waals surface area (Å²) in [7, 11) is 0. The first-order chi connectivity index (χ1) is 12.3. The van der Waals surface area contributed by atoms with Crippen molar-refractivity contribution >= 4 is 5.78 Å². The summed E-state index contributed by atoms with van der Waals surface area (Å²) < 4.78 is 5.57. The van der Waals surface area contributed by atoms with Crippen LogP contribution in [0.5, 0.6) is 5.75 Å². The molecule has 1 fully saturated rings. The van der Waals surface area contributed by atoms with E-state index in [0.29, 0.717) is 25.1 Å². The normalized spacial score (nSPS) is 23.0. The van der Waals surface area contributed by atoms with Crippen LogP contribution in [-0.4, -0.2) is 25.0 Å². The molecule has 0 aromatic heterocycles. The Balaban J connectivity index is 1.46. The molecule has 0 radical (unpaired) electrons. The van der Waals surface area contributed by atoms with E-state index >= 15 is 0 Å². The zero-order chi connectivity index (χ0) is 17.1. The number of ether oxygens (including phenoxy) is 1. The average molecular weight is 336 g/mol. The smallest absolute Gasteiger partial charge is 0.170 e. The Bertz CT molecular complexity index is 745. The van der Waals surface area contributed by atoms with Crippen LogP contribution in [0.3, 0.4) is 0 Å². The number of hydrogen-bond donors (Lipinski definition) is 2. The van der Waals surface area contributed by atoms with Gasteiger partial charge >= 0.3 is 0 Å². The molecule has 130 valence electrons. The molecule has 4 heteroatoms. The number of nitrogens with one attached hydrogen (secondary N) is 2. The van der Waals surface area contributed by atoms with Gasteiger partial charge in [-0.05, 0) is 42.6 Å². The quantitative estimate of drug-likeness (QED) is 0.900. The van der Waals surface area contributed by atoms with Gasteiger partial charge in [0.25, 0.3) is 0 Å². The highest BCUT2D eigenvalue weighted by Crippen LogP contribution is 2.27. The number of Topliss-reactive ketones (excluding diaryl/α,β-unsaturated/α-hetero) is 1. The van der Waals surface area contributed by atoms with Gasteiger partial charge in [-0.25, -0.2) is 0 Å². The molecule has 2 aliphatic heterocycles. The highest BCUT2D eigenvalue weighted by atomic mass is 16.5. The maximum Gasteiger partial charge on any atom is 0.170 e. The second-order valence-electron chi connectivity index (χ2n) is 6.82. The second kappa shape index (κ2) is 7.38. The van der Waals surface area contributed by atoms with E-state index in [1.807, 2.05) is 12.1 Å². The SMILES string of the molecule is O=C1CCOc2ccc(CNC3CCCNC3c3ccccc3)cc21. The standard InChI is InChI=1S/C21H24N2O2/c24-19-10-12-25-20-9-8-15(13-17(19)20)14-23-18-7-4-11-22-21(18)16-5-2-1-3-6-16/h1-3,5-6,8-9,13,18,21-23H,4,7,10-12,14H2. The Morgan fingerprint density at radius 1 is 1.16 bits per heavy atom. The van der Waals surface area contributed by atoms with E-state index in [4.69, 9.17) is 4.74 Å². The van der Waals surface area contributed by atoms with Gasteiger partial charge in [-0.2, -0.15) is 0 Å². The summed E-state index contributed by atoms with van der Waals surface area (Å²) >= 11 is 0. The van der Waals surface area contributed by atoms with Gasteiger partial charge in [-0.15, -0.1) is 0 Å². The molecule has 25 heavy (non-hydrogen) atoms. The van der Waals surface area contributed by atoms with Crippen LogP contribution in [0.15, 0.2) is 48.5 Å². The largest absolute Gasteiger partial charge is 0.492 e. The number of carbonyl (C=O) groups excluding carboxylic acids is 1. The van der Waals surface area contributed by atoms with Crippen molar-refractivity contribution < 1.29 is 9.53 Å². The highest BCUT2D eigenvalue weighted by Gasteiger charge is 2.26. The van der Waals surface area contributed by atoms with Crippen LogP contribution in [0.4, 0.5) is 0 Å². The van der Waals surface area contributed by atoms with Crippen molar-refractivity contribution in [1.29, 1.82) is 0 Å². The maximum absolute atomic E-state index is 12.1. The Morgan fingerprint density at radius 3 is 2.92 bits per heavy atom. The third-order valence-corrected chi connectivity index (χ3v) is 5.12. The minimum absolute atomic E-state index is 0.185. The zero-order valence-electron chi connectivity index (χ0n) is 14.3. The van der Waals surface area contributed by atoms with E-state index in [-0.39, 0.29) is 5.78 Å². The van der Waals surface area contributed by atoms with E-state index in [9.17, 15) is 4.79 Å². The third kappa shape index (κ3) is 3.60. The molecule has 0 saturated carbocycles. The Kier molecular flexibility index (Phi) is 4.81. The molecule has 0 aliphatic carbocycles. The number of fused-ring (bicyclic) bond motifs is 1. The number of rotatable bonds is 4. The molecule has 2 aromatic rings. The van der Waals surface area contributed by atoms with Crippen molar-refractivity contribution in [2.24, 2.45) is 0 Å². The van der Waals surface area contributed by atoms with Crippen molar-refractivity contribution in [3.8, 4) is 5.75 Å². The van der Waals surface area contributed by atoms with Crippen molar-refractivity contribution in [2.45, 2.75) is 37.9 Å². The maximum atomic E-state index is 12.1. The van der Waals surface area contributed by atoms with Crippen LogP contribution in [0.25, 0.3) is 0 Å². The molecule has 0 spiro atoms. The van der Waals surface area contributed by atoms with Crippen LogP contribution in [-0.2, 0) is 6.54 Å². The van der Waals surface area contributed by atoms with Crippen LogP contribution in [0.2, 0.25) is 0 Å². The average Bonchev–Trinajstić information content (AvgIpc) is 2.68. The van der Waals surface area contributed by atoms with E-state index in [1.54, 1.807) is 0 Å². The number of hydrogen-bond acceptors (Lipinski definition) is 4. The number of ketones is 1. The lowest BCUT2D eigenvalue weighted by atomic mass is 9.92. The van der Waals surface area contributed by atoms with E-state index in [1.165, 1.54) is 12.0 Å². The summed E-state index contributed by atoms with van der Waals surface area (Å²) in [6, 6.07) is 17.3. The number of benzene rings is 2. The van der Waals surface area contributed by atoms with Crippen molar-refractivity contribution in [2.75, 3.05) is 13.2 Å². The molecular weight excluding hydrogens is 312 g/mol. The molecule has 4 rings (SSSR count). The van der Waals surface area contributed by atoms with Gasteiger partial charge < -0.3 is 15.4 Å². The molecule has 1 saturated heterocycles. The molecule has 2 atom stereocenters. The molecule has 0 amide bonds.